The van der Waals surface area contributed by atoms with Gasteiger partial charge >= 0.3 is 5.97 Å². The van der Waals surface area contributed by atoms with E-state index in [4.69, 9.17) is 9.84 Å². The molecule has 6 heteroatoms. The highest BCUT2D eigenvalue weighted by Crippen LogP contribution is 2.30. The zero-order valence-electron chi connectivity index (χ0n) is 8.97. The van der Waals surface area contributed by atoms with E-state index in [1.54, 1.807) is 18.2 Å². The van der Waals surface area contributed by atoms with Crippen molar-refractivity contribution in [3.8, 4) is 22.9 Å². The molecule has 0 aliphatic heterocycles. The Morgan fingerprint density at radius 3 is 2.82 bits per heavy atom. The van der Waals surface area contributed by atoms with Crippen molar-refractivity contribution in [3.05, 3.63) is 29.8 Å². The van der Waals surface area contributed by atoms with Gasteiger partial charge in [0.1, 0.15) is 11.3 Å². The summed E-state index contributed by atoms with van der Waals surface area (Å²) in [6.07, 6.45) is 0. The first kappa shape index (κ1) is 11.0. The van der Waals surface area contributed by atoms with Crippen LogP contribution in [0, 0.1) is 0 Å². The zero-order valence-corrected chi connectivity index (χ0v) is 8.97. The number of ether oxygens (including phenoxy) is 1. The number of rotatable bonds is 3. The summed E-state index contributed by atoms with van der Waals surface area (Å²) in [5, 5.41) is 25.1. The molecule has 2 aromatic rings. The van der Waals surface area contributed by atoms with Gasteiger partial charge in [0.25, 0.3) is 0 Å². The minimum Gasteiger partial charge on any atom is -0.507 e. The minimum absolute atomic E-state index is 0.168. The number of phenols is 1. The Labute approximate surface area is 96.5 Å². The van der Waals surface area contributed by atoms with Gasteiger partial charge in [0.2, 0.25) is 5.88 Å². The number of hydrogen-bond donors (Lipinski definition) is 3. The average molecular weight is 234 g/mol. The van der Waals surface area contributed by atoms with E-state index >= 15 is 0 Å². The van der Waals surface area contributed by atoms with E-state index in [0.717, 1.165) is 0 Å². The SMILES string of the molecule is COc1cc(-c2cccc(O)c2C(=O)O)[nH]n1. The second-order valence-electron chi connectivity index (χ2n) is 3.33. The Hall–Kier alpha value is -2.50. The first-order chi connectivity index (χ1) is 8.13. The third-order valence-corrected chi connectivity index (χ3v) is 2.31. The summed E-state index contributed by atoms with van der Waals surface area (Å²) in [6, 6.07) is 6.02. The van der Waals surface area contributed by atoms with Crippen molar-refractivity contribution in [1.82, 2.24) is 10.2 Å². The molecule has 0 fully saturated rings. The van der Waals surface area contributed by atoms with Gasteiger partial charge in [-0.1, -0.05) is 12.1 Å². The molecule has 1 heterocycles. The number of methoxy groups -OCH3 is 1. The first-order valence-corrected chi connectivity index (χ1v) is 4.78. The van der Waals surface area contributed by atoms with Crippen molar-refractivity contribution >= 4 is 5.97 Å². The second kappa shape index (κ2) is 4.17. The topological polar surface area (TPSA) is 95.4 Å². The first-order valence-electron chi connectivity index (χ1n) is 4.78. The van der Waals surface area contributed by atoms with Crippen molar-refractivity contribution in [2.24, 2.45) is 0 Å². The molecule has 0 amide bonds. The molecule has 88 valence electrons. The van der Waals surface area contributed by atoms with Gasteiger partial charge in [-0.25, -0.2) is 4.79 Å². The fraction of sp³-hybridized carbons (Fsp3) is 0.0909. The lowest BCUT2D eigenvalue weighted by Gasteiger charge is -2.05. The number of carboxylic acids is 1. The molecule has 6 nitrogen and oxygen atoms in total. The largest absolute Gasteiger partial charge is 0.507 e. The summed E-state index contributed by atoms with van der Waals surface area (Å²) < 4.78 is 4.89. The molecular formula is C11H10N2O4. The Balaban J connectivity index is 2.58. The van der Waals surface area contributed by atoms with Gasteiger partial charge in [0.05, 0.1) is 12.8 Å². The molecule has 0 radical (unpaired) electrons. The molecule has 0 spiro atoms. The van der Waals surface area contributed by atoms with Crippen LogP contribution in [-0.4, -0.2) is 33.5 Å². The fourth-order valence-electron chi connectivity index (χ4n) is 1.54. The summed E-state index contributed by atoms with van der Waals surface area (Å²) in [6.45, 7) is 0. The maximum atomic E-state index is 11.1. The minimum atomic E-state index is -1.20. The van der Waals surface area contributed by atoms with Crippen LogP contribution in [0.1, 0.15) is 10.4 Å². The van der Waals surface area contributed by atoms with E-state index in [1.807, 2.05) is 0 Å². The number of nitrogens with one attached hydrogen (secondary N) is 1. The molecule has 0 bridgehead atoms. The zero-order chi connectivity index (χ0) is 12.4. The van der Waals surface area contributed by atoms with Crippen LogP contribution in [0.2, 0.25) is 0 Å². The Kier molecular flexibility index (Phi) is 2.70. The number of H-pyrrole nitrogens is 1. The van der Waals surface area contributed by atoms with Crippen LogP contribution in [0.15, 0.2) is 24.3 Å². The maximum absolute atomic E-state index is 11.1. The number of hydrogen-bond acceptors (Lipinski definition) is 4. The summed E-state index contributed by atoms with van der Waals surface area (Å²) >= 11 is 0. The molecule has 0 aliphatic carbocycles. The van der Waals surface area contributed by atoms with Gasteiger partial charge in [0, 0.05) is 11.6 Å². The van der Waals surface area contributed by atoms with Gasteiger partial charge in [0.15, 0.2) is 0 Å². The van der Waals surface area contributed by atoms with Crippen LogP contribution in [0.5, 0.6) is 11.6 Å². The molecule has 2 rings (SSSR count). The Bertz CT molecular complexity index is 562. The van der Waals surface area contributed by atoms with E-state index in [-0.39, 0.29) is 11.3 Å². The van der Waals surface area contributed by atoms with Crippen molar-refractivity contribution in [1.29, 1.82) is 0 Å². The standard InChI is InChI=1S/C11H10N2O4/c1-17-9-5-7(12-13-9)6-3-2-4-8(14)10(6)11(15)16/h2-5,14H,1H3,(H,12,13)(H,15,16). The van der Waals surface area contributed by atoms with Gasteiger partial charge < -0.3 is 14.9 Å². The van der Waals surface area contributed by atoms with E-state index < -0.39 is 5.97 Å². The number of aromatic nitrogens is 2. The van der Waals surface area contributed by atoms with E-state index in [1.165, 1.54) is 13.2 Å². The van der Waals surface area contributed by atoms with Crippen LogP contribution >= 0.6 is 0 Å². The summed E-state index contributed by atoms with van der Waals surface area (Å²) in [5.41, 5.74) is 0.655. The van der Waals surface area contributed by atoms with Gasteiger partial charge in [-0.05, 0) is 6.07 Å². The van der Waals surface area contributed by atoms with Gasteiger partial charge in [-0.3, -0.25) is 5.10 Å². The maximum Gasteiger partial charge on any atom is 0.340 e. The number of aromatic carboxylic acids is 1. The number of nitrogens with zero attached hydrogens (tertiary/aromatic N) is 1. The number of carboxylic acid groups (broad SMARTS) is 1. The number of carbonyl (C=O) groups is 1. The molecule has 0 saturated heterocycles. The molecule has 3 N–H and O–H groups in total. The highest BCUT2D eigenvalue weighted by molar-refractivity contribution is 5.98. The number of benzene rings is 1. The van der Waals surface area contributed by atoms with Crippen LogP contribution in [0.25, 0.3) is 11.3 Å². The van der Waals surface area contributed by atoms with Crippen LogP contribution in [0.3, 0.4) is 0 Å². The second-order valence-corrected chi connectivity index (χ2v) is 3.33. The molecule has 17 heavy (non-hydrogen) atoms. The normalized spacial score (nSPS) is 10.2. The van der Waals surface area contributed by atoms with E-state index in [2.05, 4.69) is 10.2 Å². The summed E-state index contributed by atoms with van der Waals surface area (Å²) in [4.78, 5) is 11.1. The highest BCUT2D eigenvalue weighted by atomic mass is 16.5. The van der Waals surface area contributed by atoms with Crippen molar-refractivity contribution in [2.75, 3.05) is 7.11 Å². The molecule has 0 aliphatic rings. The Morgan fingerprint density at radius 2 is 2.24 bits per heavy atom. The number of aromatic hydroxyl groups is 1. The third-order valence-electron chi connectivity index (χ3n) is 2.31. The van der Waals surface area contributed by atoms with Crippen LogP contribution in [-0.2, 0) is 0 Å². The van der Waals surface area contributed by atoms with Crippen molar-refractivity contribution in [2.45, 2.75) is 0 Å². The number of aromatic amines is 1. The molecule has 1 aromatic heterocycles. The highest BCUT2D eigenvalue weighted by Gasteiger charge is 2.17. The van der Waals surface area contributed by atoms with Crippen LogP contribution in [0.4, 0.5) is 0 Å². The molecule has 0 saturated carbocycles. The average Bonchev–Trinajstić information content (AvgIpc) is 2.76. The van der Waals surface area contributed by atoms with Crippen molar-refractivity contribution in [3.63, 3.8) is 0 Å². The van der Waals surface area contributed by atoms with Gasteiger partial charge in [-0.2, -0.15) is 0 Å². The Morgan fingerprint density at radius 1 is 1.47 bits per heavy atom. The lowest BCUT2D eigenvalue weighted by Crippen LogP contribution is -2.00. The van der Waals surface area contributed by atoms with Gasteiger partial charge in [-0.15, -0.1) is 5.10 Å². The van der Waals surface area contributed by atoms with E-state index in [9.17, 15) is 9.90 Å². The summed E-state index contributed by atoms with van der Waals surface area (Å²) in [7, 11) is 1.46. The quantitative estimate of drug-likeness (QED) is 0.747. The molecule has 0 atom stereocenters. The molecular weight excluding hydrogens is 224 g/mol. The summed E-state index contributed by atoms with van der Waals surface area (Å²) in [5.74, 6) is -1.14. The lowest BCUT2D eigenvalue weighted by atomic mass is 10.0. The monoisotopic (exact) mass is 234 g/mol. The molecule has 0 unspecified atom stereocenters. The fourth-order valence-corrected chi connectivity index (χ4v) is 1.54. The predicted molar refractivity (Wildman–Crippen MR) is 59.2 cm³/mol. The predicted octanol–water partition coefficient (Wildman–Crippen LogP) is 1.49. The van der Waals surface area contributed by atoms with Crippen molar-refractivity contribution < 1.29 is 19.7 Å². The molecule has 1 aromatic carbocycles. The third kappa shape index (κ3) is 1.92. The smallest absolute Gasteiger partial charge is 0.340 e. The van der Waals surface area contributed by atoms with Crippen LogP contribution < -0.4 is 4.74 Å². The van der Waals surface area contributed by atoms with E-state index in [0.29, 0.717) is 17.1 Å². The lowest BCUT2D eigenvalue weighted by molar-refractivity contribution is 0.0694.